The lowest BCUT2D eigenvalue weighted by atomic mass is 10.3. The molecule has 0 rings (SSSR count). The molecule has 0 aliphatic rings. The number of hydrogen-bond donors (Lipinski definition) is 3. The Morgan fingerprint density at radius 2 is 1.68 bits per heavy atom. The van der Waals surface area contributed by atoms with Crippen LogP contribution in [0.15, 0.2) is 36.6 Å². The summed E-state index contributed by atoms with van der Waals surface area (Å²) in [6, 6.07) is 0. The van der Waals surface area contributed by atoms with Crippen LogP contribution in [0, 0.1) is 0 Å². The normalized spacial score (nSPS) is 12.1. The molecule has 28 heavy (non-hydrogen) atoms. The maximum Gasteiger partial charge on any atom is 0.407 e. The van der Waals surface area contributed by atoms with Gasteiger partial charge in [0.2, 0.25) is 0 Å². The molecule has 0 aromatic carbocycles. The minimum atomic E-state index is -0.944. The van der Waals surface area contributed by atoms with Gasteiger partial charge in [0.1, 0.15) is 0 Å². The molecule has 0 aromatic rings. The summed E-state index contributed by atoms with van der Waals surface area (Å²) in [7, 11) is 3.63. The Bertz CT molecular complexity index is 536. The molecule has 0 heterocycles. The second kappa shape index (κ2) is 15.7. The molecule has 160 valence electrons. The van der Waals surface area contributed by atoms with E-state index < -0.39 is 12.1 Å². The van der Waals surface area contributed by atoms with Gasteiger partial charge in [0, 0.05) is 38.4 Å². The number of nitrogens with zero attached hydrogens (tertiary/aromatic N) is 3. The summed E-state index contributed by atoms with van der Waals surface area (Å²) in [5, 5.41) is 18.0. The molecule has 9 heteroatoms. The van der Waals surface area contributed by atoms with Crippen molar-refractivity contribution in [1.82, 2.24) is 14.7 Å². The number of ether oxygens (including phenoxy) is 1. The van der Waals surface area contributed by atoms with E-state index in [0.717, 1.165) is 0 Å². The number of amides is 1. The fraction of sp³-hybridized carbons (Fsp3) is 0.579. The Morgan fingerprint density at radius 3 is 2.25 bits per heavy atom. The molecule has 0 radical (unpaired) electrons. The first kappa shape index (κ1) is 25.6. The van der Waals surface area contributed by atoms with Crippen molar-refractivity contribution in [3.8, 4) is 0 Å². The van der Waals surface area contributed by atoms with Crippen LogP contribution in [0.5, 0.6) is 0 Å². The summed E-state index contributed by atoms with van der Waals surface area (Å²) in [5.41, 5.74) is 6.14. The van der Waals surface area contributed by atoms with E-state index in [1.165, 1.54) is 4.90 Å². The van der Waals surface area contributed by atoms with Crippen molar-refractivity contribution in [2.24, 2.45) is 5.73 Å². The largest absolute Gasteiger partial charge is 0.480 e. The minimum absolute atomic E-state index is 0.0125. The van der Waals surface area contributed by atoms with Crippen LogP contribution in [-0.2, 0) is 9.53 Å². The predicted octanol–water partition coefficient (Wildman–Crippen LogP) is 0.906. The zero-order valence-electron chi connectivity index (χ0n) is 16.9. The number of rotatable bonds is 16. The van der Waals surface area contributed by atoms with Crippen LogP contribution >= 0.6 is 0 Å². The maximum absolute atomic E-state index is 11.3. The number of likely N-dealkylation sites (N-methyl/N-ethyl adjacent to an activating group) is 2. The van der Waals surface area contributed by atoms with Crippen molar-refractivity contribution in [3.05, 3.63) is 36.6 Å². The molecule has 9 nitrogen and oxygen atoms in total. The third-order valence-corrected chi connectivity index (χ3v) is 3.89. The molecule has 0 aliphatic heterocycles. The van der Waals surface area contributed by atoms with E-state index in [1.54, 1.807) is 30.2 Å². The fourth-order valence-corrected chi connectivity index (χ4v) is 2.13. The zero-order chi connectivity index (χ0) is 21.4. The first-order chi connectivity index (χ1) is 13.3. The molecule has 0 unspecified atom stereocenters. The minimum Gasteiger partial charge on any atom is -0.480 e. The van der Waals surface area contributed by atoms with Gasteiger partial charge in [-0.25, -0.2) is 4.79 Å². The SMILES string of the molecule is C=C/C(N)=C\C=C\CCN(CCN(C)CCOCCN(C)CC(=O)O)C(=O)O. The van der Waals surface area contributed by atoms with Crippen molar-refractivity contribution in [2.75, 3.05) is 66.6 Å². The third kappa shape index (κ3) is 14.8. The molecule has 0 spiro atoms. The second-order valence-electron chi connectivity index (χ2n) is 6.40. The highest BCUT2D eigenvalue weighted by Gasteiger charge is 2.11. The second-order valence-corrected chi connectivity index (χ2v) is 6.40. The number of aliphatic carboxylic acids is 1. The Balaban J connectivity index is 3.97. The summed E-state index contributed by atoms with van der Waals surface area (Å²) < 4.78 is 5.49. The van der Waals surface area contributed by atoms with Crippen LogP contribution in [0.3, 0.4) is 0 Å². The van der Waals surface area contributed by atoms with E-state index in [0.29, 0.717) is 58.1 Å². The van der Waals surface area contributed by atoms with Crippen LogP contribution in [0.1, 0.15) is 6.42 Å². The van der Waals surface area contributed by atoms with E-state index >= 15 is 0 Å². The number of carboxylic acids is 1. The molecule has 0 aromatic heterocycles. The van der Waals surface area contributed by atoms with Gasteiger partial charge in [-0.05, 0) is 32.7 Å². The van der Waals surface area contributed by atoms with Crippen LogP contribution in [0.25, 0.3) is 0 Å². The van der Waals surface area contributed by atoms with E-state index in [1.807, 2.05) is 18.0 Å². The quantitative estimate of drug-likeness (QED) is 0.259. The van der Waals surface area contributed by atoms with Crippen LogP contribution in [-0.4, -0.2) is 104 Å². The molecule has 0 saturated carbocycles. The Kier molecular flexibility index (Phi) is 14.4. The highest BCUT2D eigenvalue weighted by Crippen LogP contribution is 1.97. The lowest BCUT2D eigenvalue weighted by Crippen LogP contribution is -2.38. The van der Waals surface area contributed by atoms with E-state index in [4.69, 9.17) is 15.6 Å². The third-order valence-electron chi connectivity index (χ3n) is 3.89. The van der Waals surface area contributed by atoms with Crippen LogP contribution in [0.4, 0.5) is 4.79 Å². The van der Waals surface area contributed by atoms with Crippen molar-refractivity contribution < 1.29 is 24.5 Å². The van der Waals surface area contributed by atoms with Gasteiger partial charge < -0.3 is 30.5 Å². The number of carboxylic acid groups (broad SMARTS) is 2. The average Bonchev–Trinajstić information content (AvgIpc) is 2.62. The molecule has 0 aliphatic carbocycles. The summed E-state index contributed by atoms with van der Waals surface area (Å²) in [6.07, 6.45) is 6.57. The summed E-state index contributed by atoms with van der Waals surface area (Å²) in [4.78, 5) is 26.9. The van der Waals surface area contributed by atoms with E-state index in [2.05, 4.69) is 6.58 Å². The molecule has 0 atom stereocenters. The van der Waals surface area contributed by atoms with Gasteiger partial charge in [-0.1, -0.05) is 18.7 Å². The standard InChI is InChI=1S/C19H34N4O5/c1-4-17(20)8-6-5-7-9-23(19(26)27)11-10-21(2)12-14-28-15-13-22(3)16-18(24)25/h4-6,8H,1,7,9-16,20H2,2-3H3,(H,24,25)(H,26,27)/b6-5+,17-8+. The maximum atomic E-state index is 11.3. The lowest BCUT2D eigenvalue weighted by molar-refractivity contribution is -0.138. The first-order valence-electron chi connectivity index (χ1n) is 9.15. The topological polar surface area (TPSA) is 120 Å². The van der Waals surface area contributed by atoms with Gasteiger partial charge in [0.15, 0.2) is 0 Å². The molecule has 1 amide bonds. The van der Waals surface area contributed by atoms with Crippen molar-refractivity contribution in [3.63, 3.8) is 0 Å². The molecule has 4 N–H and O–H groups in total. The van der Waals surface area contributed by atoms with Crippen LogP contribution < -0.4 is 5.73 Å². The summed E-state index contributed by atoms with van der Waals surface area (Å²) >= 11 is 0. The molecular formula is C19H34N4O5. The summed E-state index contributed by atoms with van der Waals surface area (Å²) in [5.74, 6) is -0.863. The van der Waals surface area contributed by atoms with Gasteiger partial charge in [0.25, 0.3) is 0 Å². The van der Waals surface area contributed by atoms with Crippen molar-refractivity contribution >= 4 is 12.1 Å². The lowest BCUT2D eigenvalue weighted by Gasteiger charge is -2.23. The van der Waals surface area contributed by atoms with Gasteiger partial charge in [-0.2, -0.15) is 0 Å². The highest BCUT2D eigenvalue weighted by molar-refractivity contribution is 5.69. The molecular weight excluding hydrogens is 364 g/mol. The van der Waals surface area contributed by atoms with Crippen LogP contribution in [0.2, 0.25) is 0 Å². The monoisotopic (exact) mass is 398 g/mol. The fourth-order valence-electron chi connectivity index (χ4n) is 2.13. The Hall–Kier alpha value is -2.36. The summed E-state index contributed by atoms with van der Waals surface area (Å²) in [6.45, 7) is 7.13. The predicted molar refractivity (Wildman–Crippen MR) is 109 cm³/mol. The van der Waals surface area contributed by atoms with Crippen molar-refractivity contribution in [2.45, 2.75) is 6.42 Å². The van der Waals surface area contributed by atoms with E-state index in [-0.39, 0.29) is 6.54 Å². The number of carbonyl (C=O) groups is 2. The van der Waals surface area contributed by atoms with Gasteiger partial charge in [0.05, 0.1) is 19.8 Å². The number of hydrogen-bond acceptors (Lipinski definition) is 6. The molecule has 0 saturated heterocycles. The highest BCUT2D eigenvalue weighted by atomic mass is 16.5. The Morgan fingerprint density at radius 1 is 1.04 bits per heavy atom. The smallest absolute Gasteiger partial charge is 0.407 e. The zero-order valence-corrected chi connectivity index (χ0v) is 16.9. The first-order valence-corrected chi connectivity index (χ1v) is 9.15. The average molecular weight is 399 g/mol. The van der Waals surface area contributed by atoms with Gasteiger partial charge in [-0.3, -0.25) is 9.69 Å². The number of allylic oxidation sites excluding steroid dienone is 3. The number of nitrogens with two attached hydrogens (primary N) is 1. The van der Waals surface area contributed by atoms with Gasteiger partial charge in [-0.15, -0.1) is 0 Å². The Labute approximate surface area is 167 Å². The van der Waals surface area contributed by atoms with E-state index in [9.17, 15) is 14.7 Å². The van der Waals surface area contributed by atoms with Gasteiger partial charge >= 0.3 is 12.1 Å². The van der Waals surface area contributed by atoms with Crippen molar-refractivity contribution in [1.29, 1.82) is 0 Å². The molecule has 0 bridgehead atoms. The molecule has 0 fully saturated rings.